The van der Waals surface area contributed by atoms with Crippen LogP contribution in [0.3, 0.4) is 0 Å². The first-order valence-corrected chi connectivity index (χ1v) is 26.5. The van der Waals surface area contributed by atoms with Crippen molar-refractivity contribution < 1.29 is 18.0 Å². The Morgan fingerprint density at radius 1 is 0.545 bits per heavy atom. The Hall–Kier alpha value is -5.06. The van der Waals surface area contributed by atoms with E-state index in [1.807, 2.05) is 72.4 Å². The summed E-state index contributed by atoms with van der Waals surface area (Å²) >= 11 is 1.85. The van der Waals surface area contributed by atoms with E-state index in [2.05, 4.69) is 102 Å². The van der Waals surface area contributed by atoms with E-state index in [1.54, 1.807) is 29.3 Å². The number of benzene rings is 5. The summed E-state index contributed by atoms with van der Waals surface area (Å²) in [6, 6.07) is 38.2. The molecule has 0 atom stereocenters. The van der Waals surface area contributed by atoms with Crippen molar-refractivity contribution in [3.05, 3.63) is 160 Å². The summed E-state index contributed by atoms with van der Waals surface area (Å²) in [5, 5.41) is 9.89. The van der Waals surface area contributed by atoms with Crippen LogP contribution in [0.2, 0.25) is 0 Å². The van der Waals surface area contributed by atoms with Crippen LogP contribution in [0.25, 0.3) is 0 Å². The molecule has 2 aliphatic carbocycles. The zero-order valence-electron chi connectivity index (χ0n) is 40.3. The molecule has 0 heterocycles. The lowest BCUT2D eigenvalue weighted by Gasteiger charge is -2.46. The van der Waals surface area contributed by atoms with Gasteiger partial charge in [0.2, 0.25) is 0 Å². The van der Waals surface area contributed by atoms with Gasteiger partial charge >= 0.3 is 12.1 Å². The van der Waals surface area contributed by atoms with Crippen LogP contribution in [-0.4, -0.2) is 53.1 Å². The number of anilines is 2. The van der Waals surface area contributed by atoms with Crippen molar-refractivity contribution in [1.29, 1.82) is 0 Å². The monoisotopic (exact) mass is 926 g/mol. The molecule has 0 bridgehead atoms. The lowest BCUT2D eigenvalue weighted by atomic mass is 9.88. The number of urea groups is 2. The van der Waals surface area contributed by atoms with E-state index in [4.69, 9.17) is 0 Å². The number of rotatable bonds is 15. The average molecular weight is 927 g/mol. The third-order valence-corrected chi connectivity index (χ3v) is 17.8. The molecule has 0 aromatic heterocycles. The van der Waals surface area contributed by atoms with Gasteiger partial charge in [0.25, 0.3) is 0 Å². The molecule has 1 saturated carbocycles. The first kappa shape index (κ1) is 48.9. The summed E-state index contributed by atoms with van der Waals surface area (Å²) in [5.74, 6) is 1.07. The number of hydrogen-bond acceptors (Lipinski definition) is 5. The number of hydrazine groups is 1. The van der Waals surface area contributed by atoms with Crippen LogP contribution in [0.5, 0.6) is 0 Å². The van der Waals surface area contributed by atoms with Gasteiger partial charge in [0.05, 0.1) is 18.0 Å². The van der Waals surface area contributed by atoms with Gasteiger partial charge in [-0.05, 0) is 100 Å². The Kier molecular flexibility index (Phi) is 15.4. The smallest absolute Gasteiger partial charge is 0.306 e. The predicted octanol–water partition coefficient (Wildman–Crippen LogP) is 14.1. The zero-order chi connectivity index (χ0) is 47.2. The molecule has 2 aliphatic rings. The molecule has 4 amide bonds. The van der Waals surface area contributed by atoms with Gasteiger partial charge in [-0.2, -0.15) is 0 Å². The van der Waals surface area contributed by atoms with Crippen LogP contribution >= 0.6 is 11.8 Å². The average Bonchev–Trinajstić information content (AvgIpc) is 3.70. The Morgan fingerprint density at radius 2 is 0.955 bits per heavy atom. The second kappa shape index (κ2) is 20.8. The largest absolute Gasteiger partial charge is 0.340 e. The highest BCUT2D eigenvalue weighted by atomic mass is 32.2. The summed E-state index contributed by atoms with van der Waals surface area (Å²) in [5.41, 5.74) is 8.42. The standard InChI is InChI=1S/C56H70N4O4S2/c1-39(2)47-28-20-29-48(40(3)4)51(47)57-53(61)59(37-55(32-18-11-19-33-55)65-36-43-22-12-9-13-23-43)60(54(62)58-52-49(41(5)6)30-21-31-50(52)42(7)8)38-56(34-44-24-16-17-25-45(44)35-56)66(63,64)46-26-14-10-15-27-46/h9-10,12-17,20-31,39-42H,11,18-19,32-38H2,1-8H3,(H,57,61)(H,58,62). The van der Waals surface area contributed by atoms with Crippen molar-refractivity contribution in [2.45, 2.75) is 144 Å². The van der Waals surface area contributed by atoms with E-state index < -0.39 is 31.4 Å². The highest BCUT2D eigenvalue weighted by Gasteiger charge is 2.53. The third kappa shape index (κ3) is 10.6. The Bertz CT molecular complexity index is 2490. The fraction of sp³-hybridized carbons (Fsp3) is 0.429. The Morgan fingerprint density at radius 3 is 1.39 bits per heavy atom. The van der Waals surface area contributed by atoms with E-state index in [0.717, 1.165) is 76.9 Å². The molecule has 7 rings (SSSR count). The van der Waals surface area contributed by atoms with Crippen molar-refractivity contribution in [3.63, 3.8) is 0 Å². The van der Waals surface area contributed by atoms with Crippen molar-refractivity contribution in [2.75, 3.05) is 23.7 Å². The first-order valence-electron chi connectivity index (χ1n) is 24.0. The molecule has 8 nitrogen and oxygen atoms in total. The number of fused-ring (bicyclic) bond motifs is 1. The number of para-hydroxylation sites is 2. The molecule has 350 valence electrons. The summed E-state index contributed by atoms with van der Waals surface area (Å²) in [4.78, 5) is 32.1. The molecule has 0 aliphatic heterocycles. The molecule has 5 aromatic carbocycles. The van der Waals surface area contributed by atoms with Gasteiger partial charge in [0.15, 0.2) is 9.84 Å². The molecule has 0 spiro atoms. The van der Waals surface area contributed by atoms with Crippen molar-refractivity contribution in [1.82, 2.24) is 10.0 Å². The van der Waals surface area contributed by atoms with Crippen LogP contribution in [0.15, 0.2) is 126 Å². The van der Waals surface area contributed by atoms with Gasteiger partial charge in [-0.3, -0.25) is 0 Å². The second-order valence-corrected chi connectivity index (χ2v) is 23.6. The summed E-state index contributed by atoms with van der Waals surface area (Å²) < 4.78 is 29.2. The van der Waals surface area contributed by atoms with Gasteiger partial charge in [-0.15, -0.1) is 11.8 Å². The van der Waals surface area contributed by atoms with Crippen molar-refractivity contribution in [3.8, 4) is 0 Å². The minimum Gasteiger partial charge on any atom is -0.306 e. The van der Waals surface area contributed by atoms with Crippen molar-refractivity contribution in [2.24, 2.45) is 0 Å². The van der Waals surface area contributed by atoms with Gasteiger partial charge in [0, 0.05) is 21.9 Å². The predicted molar refractivity (Wildman–Crippen MR) is 274 cm³/mol. The number of carbonyl (C=O) groups is 2. The topological polar surface area (TPSA) is 98.8 Å². The summed E-state index contributed by atoms with van der Waals surface area (Å²) in [7, 11) is -4.15. The van der Waals surface area contributed by atoms with E-state index in [0.29, 0.717) is 5.69 Å². The van der Waals surface area contributed by atoms with Crippen LogP contribution in [0.4, 0.5) is 21.0 Å². The van der Waals surface area contributed by atoms with E-state index in [-0.39, 0.29) is 54.5 Å². The lowest BCUT2D eigenvalue weighted by Crippen LogP contribution is -2.62. The maximum atomic E-state index is 16.0. The second-order valence-electron chi connectivity index (χ2n) is 19.9. The molecular weight excluding hydrogens is 857 g/mol. The number of sulfone groups is 1. The van der Waals surface area contributed by atoms with E-state index >= 15 is 18.0 Å². The number of amides is 4. The van der Waals surface area contributed by atoms with Gasteiger partial charge in [0.1, 0.15) is 4.75 Å². The van der Waals surface area contributed by atoms with E-state index in [9.17, 15) is 0 Å². The van der Waals surface area contributed by atoms with E-state index in [1.165, 1.54) is 10.6 Å². The van der Waals surface area contributed by atoms with Crippen LogP contribution in [0.1, 0.15) is 150 Å². The molecule has 66 heavy (non-hydrogen) atoms. The van der Waals surface area contributed by atoms with Crippen LogP contribution in [0, 0.1) is 0 Å². The zero-order valence-corrected chi connectivity index (χ0v) is 41.9. The van der Waals surface area contributed by atoms with Gasteiger partial charge in [-0.1, -0.05) is 184 Å². The molecule has 10 heteroatoms. The van der Waals surface area contributed by atoms with Gasteiger partial charge < -0.3 is 10.6 Å². The number of carbonyl (C=O) groups excluding carboxylic acids is 2. The normalized spacial score (nSPS) is 15.5. The number of nitrogens with one attached hydrogen (secondary N) is 2. The molecule has 1 fully saturated rings. The van der Waals surface area contributed by atoms with Gasteiger partial charge in [-0.25, -0.2) is 28.0 Å². The minimum absolute atomic E-state index is 0.0721. The highest BCUT2D eigenvalue weighted by Crippen LogP contribution is 2.45. The highest BCUT2D eigenvalue weighted by molar-refractivity contribution is 7.99. The molecule has 2 N–H and O–H groups in total. The summed E-state index contributed by atoms with van der Waals surface area (Å²) in [6.07, 6.45) is 5.11. The summed E-state index contributed by atoms with van der Waals surface area (Å²) in [6.45, 7) is 16.9. The maximum Gasteiger partial charge on any atom is 0.340 e. The first-order chi connectivity index (χ1) is 31.5. The molecule has 5 aromatic rings. The number of thioether (sulfide) groups is 1. The fourth-order valence-corrected chi connectivity index (χ4v) is 13.5. The maximum absolute atomic E-state index is 16.0. The minimum atomic E-state index is -4.15. The quantitative estimate of drug-likeness (QED) is 0.102. The molecule has 0 radical (unpaired) electrons. The van der Waals surface area contributed by atoms with Crippen molar-refractivity contribution >= 4 is 45.0 Å². The Balaban J connectivity index is 1.45. The number of hydrogen-bond donors (Lipinski definition) is 2. The molecular formula is C56H70N4O4S2. The SMILES string of the molecule is CC(C)c1cccc(C(C)C)c1NC(=O)N(CC1(SCc2ccccc2)CCCCC1)N(CC1(S(=O)(=O)c2ccccc2)Cc2ccccc2C1)C(=O)Nc1c(C(C)C)cccc1C(C)C. The number of nitrogens with zero attached hydrogens (tertiary/aromatic N) is 2. The third-order valence-electron chi connectivity index (χ3n) is 13.8. The Labute approximate surface area is 399 Å². The lowest BCUT2D eigenvalue weighted by molar-refractivity contribution is 0.0396. The molecule has 0 saturated heterocycles. The molecule has 0 unspecified atom stereocenters. The van der Waals surface area contributed by atoms with Crippen LogP contribution < -0.4 is 10.6 Å². The fourth-order valence-electron chi connectivity index (χ4n) is 10.1. The van der Waals surface area contributed by atoms with Crippen LogP contribution in [-0.2, 0) is 28.4 Å².